The molecule has 0 aromatic heterocycles. The SMILES string of the molecule is O=C1CCCCCC1CN1CCS(=O)CC1. The fourth-order valence-electron chi connectivity index (χ4n) is 2.59. The molecule has 1 saturated heterocycles. The Labute approximate surface area is 100 Å². The van der Waals surface area contributed by atoms with E-state index in [1.165, 1.54) is 12.8 Å². The maximum Gasteiger partial charge on any atom is 0.137 e. The molecule has 1 aliphatic heterocycles. The molecule has 1 saturated carbocycles. The van der Waals surface area contributed by atoms with Crippen LogP contribution in [0, 0.1) is 5.92 Å². The zero-order valence-corrected chi connectivity index (χ0v) is 10.6. The second kappa shape index (κ2) is 5.92. The Balaban J connectivity index is 1.83. The molecule has 2 rings (SSSR count). The number of hydrogen-bond acceptors (Lipinski definition) is 3. The molecule has 0 aromatic carbocycles. The van der Waals surface area contributed by atoms with Crippen molar-refractivity contribution in [2.45, 2.75) is 32.1 Å². The van der Waals surface area contributed by atoms with Crippen LogP contribution in [0.5, 0.6) is 0 Å². The van der Waals surface area contributed by atoms with Crippen LogP contribution in [-0.2, 0) is 15.6 Å². The molecular formula is C12H21NO2S. The Morgan fingerprint density at radius 2 is 1.94 bits per heavy atom. The van der Waals surface area contributed by atoms with Crippen LogP contribution in [0.15, 0.2) is 0 Å². The second-order valence-electron chi connectivity index (χ2n) is 4.91. The fraction of sp³-hybridized carbons (Fsp3) is 0.917. The molecule has 4 heteroatoms. The van der Waals surface area contributed by atoms with E-state index in [9.17, 15) is 9.00 Å². The van der Waals surface area contributed by atoms with Crippen molar-refractivity contribution in [3.8, 4) is 0 Å². The van der Waals surface area contributed by atoms with Gasteiger partial charge in [-0.3, -0.25) is 9.00 Å². The lowest BCUT2D eigenvalue weighted by molar-refractivity contribution is -0.123. The molecule has 92 valence electrons. The molecule has 1 unspecified atom stereocenters. The third-order valence-electron chi connectivity index (χ3n) is 3.68. The molecule has 0 radical (unpaired) electrons. The normalized spacial score (nSPS) is 30.2. The van der Waals surface area contributed by atoms with Crippen molar-refractivity contribution in [3.05, 3.63) is 0 Å². The Hall–Kier alpha value is -0.220. The van der Waals surface area contributed by atoms with Gasteiger partial charge in [-0.25, -0.2) is 0 Å². The van der Waals surface area contributed by atoms with Crippen molar-refractivity contribution < 1.29 is 9.00 Å². The van der Waals surface area contributed by atoms with E-state index in [1.807, 2.05) is 0 Å². The van der Waals surface area contributed by atoms with E-state index in [-0.39, 0.29) is 5.92 Å². The number of carbonyl (C=O) groups is 1. The maximum absolute atomic E-state index is 11.9. The summed E-state index contributed by atoms with van der Waals surface area (Å²) in [6.45, 7) is 2.74. The zero-order valence-electron chi connectivity index (χ0n) is 9.82. The topological polar surface area (TPSA) is 37.4 Å². The van der Waals surface area contributed by atoms with Crippen molar-refractivity contribution in [3.63, 3.8) is 0 Å². The summed E-state index contributed by atoms with van der Waals surface area (Å²) < 4.78 is 11.2. The summed E-state index contributed by atoms with van der Waals surface area (Å²) in [4.78, 5) is 14.2. The van der Waals surface area contributed by atoms with E-state index in [2.05, 4.69) is 4.90 Å². The van der Waals surface area contributed by atoms with Crippen LogP contribution in [0.25, 0.3) is 0 Å². The van der Waals surface area contributed by atoms with Gasteiger partial charge in [0.1, 0.15) is 5.78 Å². The van der Waals surface area contributed by atoms with Crippen LogP contribution in [0.4, 0.5) is 0 Å². The number of carbonyl (C=O) groups excluding carboxylic acids is 1. The summed E-state index contributed by atoms with van der Waals surface area (Å²) >= 11 is 0. The van der Waals surface area contributed by atoms with E-state index >= 15 is 0 Å². The maximum atomic E-state index is 11.9. The van der Waals surface area contributed by atoms with Gasteiger partial charge in [-0.15, -0.1) is 0 Å². The van der Waals surface area contributed by atoms with E-state index in [4.69, 9.17) is 0 Å². The van der Waals surface area contributed by atoms with Crippen LogP contribution >= 0.6 is 0 Å². The molecule has 16 heavy (non-hydrogen) atoms. The quantitative estimate of drug-likeness (QED) is 0.684. The first-order valence-electron chi connectivity index (χ1n) is 6.36. The highest BCUT2D eigenvalue weighted by molar-refractivity contribution is 7.85. The van der Waals surface area contributed by atoms with Crippen molar-refractivity contribution in [2.75, 3.05) is 31.1 Å². The van der Waals surface area contributed by atoms with E-state index in [0.29, 0.717) is 5.78 Å². The average molecular weight is 243 g/mol. The van der Waals surface area contributed by atoms with Gasteiger partial charge in [-0.1, -0.05) is 12.8 Å². The predicted molar refractivity (Wildman–Crippen MR) is 65.9 cm³/mol. The lowest BCUT2D eigenvalue weighted by Gasteiger charge is -2.29. The number of Topliss-reactive ketones (excluding diaryl/α,β-unsaturated/α-hetero) is 1. The van der Waals surface area contributed by atoms with Gasteiger partial charge < -0.3 is 4.90 Å². The van der Waals surface area contributed by atoms with Gasteiger partial charge in [-0.2, -0.15) is 0 Å². The molecular weight excluding hydrogens is 222 g/mol. The Kier molecular flexibility index (Phi) is 4.53. The van der Waals surface area contributed by atoms with Crippen molar-refractivity contribution in [1.29, 1.82) is 0 Å². The Bertz CT molecular complexity index is 270. The van der Waals surface area contributed by atoms with Crippen molar-refractivity contribution in [1.82, 2.24) is 4.90 Å². The second-order valence-corrected chi connectivity index (χ2v) is 6.61. The zero-order chi connectivity index (χ0) is 11.4. The molecule has 2 aliphatic rings. The number of nitrogens with zero attached hydrogens (tertiary/aromatic N) is 1. The number of rotatable bonds is 2. The molecule has 2 fully saturated rings. The molecule has 1 aliphatic carbocycles. The van der Waals surface area contributed by atoms with E-state index in [0.717, 1.165) is 50.4 Å². The summed E-state index contributed by atoms with van der Waals surface area (Å²) in [5.41, 5.74) is 0. The van der Waals surface area contributed by atoms with Crippen molar-refractivity contribution >= 4 is 16.6 Å². The van der Waals surface area contributed by atoms with Crippen LogP contribution in [0.3, 0.4) is 0 Å². The molecule has 3 nitrogen and oxygen atoms in total. The highest BCUT2D eigenvalue weighted by Gasteiger charge is 2.24. The van der Waals surface area contributed by atoms with E-state index in [1.54, 1.807) is 0 Å². The summed E-state index contributed by atoms with van der Waals surface area (Å²) in [5, 5.41) is 0. The van der Waals surface area contributed by atoms with Crippen LogP contribution in [0.2, 0.25) is 0 Å². The van der Waals surface area contributed by atoms with Gasteiger partial charge in [0.25, 0.3) is 0 Å². The molecule has 0 spiro atoms. The summed E-state index contributed by atoms with van der Waals surface area (Å²) in [6.07, 6.45) is 5.35. The lowest BCUT2D eigenvalue weighted by Crippen LogP contribution is -2.41. The number of hydrogen-bond donors (Lipinski definition) is 0. The first-order valence-corrected chi connectivity index (χ1v) is 7.84. The molecule has 0 N–H and O–H groups in total. The lowest BCUT2D eigenvalue weighted by atomic mass is 9.98. The van der Waals surface area contributed by atoms with Gasteiger partial charge >= 0.3 is 0 Å². The minimum Gasteiger partial charge on any atom is -0.301 e. The van der Waals surface area contributed by atoms with Crippen LogP contribution in [0.1, 0.15) is 32.1 Å². The molecule has 0 amide bonds. The molecule has 0 aromatic rings. The highest BCUT2D eigenvalue weighted by atomic mass is 32.2. The molecule has 1 atom stereocenters. The Morgan fingerprint density at radius 3 is 2.69 bits per heavy atom. The summed E-state index contributed by atoms with van der Waals surface area (Å²) in [7, 11) is -0.606. The third kappa shape index (κ3) is 3.39. The average Bonchev–Trinajstić information content (AvgIpc) is 2.48. The largest absolute Gasteiger partial charge is 0.301 e. The minimum atomic E-state index is -0.606. The first-order chi connectivity index (χ1) is 7.75. The van der Waals surface area contributed by atoms with Gasteiger partial charge in [0.15, 0.2) is 0 Å². The fourth-order valence-corrected chi connectivity index (χ4v) is 3.72. The monoisotopic (exact) mass is 243 g/mol. The Morgan fingerprint density at radius 1 is 1.19 bits per heavy atom. The van der Waals surface area contributed by atoms with Gasteiger partial charge in [-0.05, 0) is 12.8 Å². The van der Waals surface area contributed by atoms with Crippen molar-refractivity contribution in [2.24, 2.45) is 5.92 Å². The first kappa shape index (κ1) is 12.2. The smallest absolute Gasteiger partial charge is 0.137 e. The summed E-state index contributed by atoms with van der Waals surface area (Å²) in [5.74, 6) is 2.31. The minimum absolute atomic E-state index is 0.258. The van der Waals surface area contributed by atoms with Gasteiger partial charge in [0, 0.05) is 54.3 Å². The molecule has 1 heterocycles. The standard InChI is InChI=1S/C12H21NO2S/c14-12-5-3-1-2-4-11(12)10-13-6-8-16(15)9-7-13/h11H,1-10H2. The highest BCUT2D eigenvalue weighted by Crippen LogP contribution is 2.21. The van der Waals surface area contributed by atoms with Gasteiger partial charge in [0.2, 0.25) is 0 Å². The van der Waals surface area contributed by atoms with Crippen LogP contribution < -0.4 is 0 Å². The predicted octanol–water partition coefficient (Wildman–Crippen LogP) is 1.20. The number of ketones is 1. The van der Waals surface area contributed by atoms with Gasteiger partial charge in [0.05, 0.1) is 0 Å². The van der Waals surface area contributed by atoms with Crippen LogP contribution in [-0.4, -0.2) is 46.0 Å². The molecule has 0 bridgehead atoms. The third-order valence-corrected chi connectivity index (χ3v) is 4.96. The van der Waals surface area contributed by atoms with E-state index < -0.39 is 10.8 Å². The summed E-state index contributed by atoms with van der Waals surface area (Å²) in [6, 6.07) is 0.